The van der Waals surface area contributed by atoms with Crippen molar-refractivity contribution in [3.05, 3.63) is 35.0 Å². The van der Waals surface area contributed by atoms with E-state index in [1.54, 1.807) is 4.90 Å². The summed E-state index contributed by atoms with van der Waals surface area (Å²) in [6.45, 7) is 10.3. The molecule has 2 aliphatic heterocycles. The van der Waals surface area contributed by atoms with E-state index in [2.05, 4.69) is 34.5 Å². The lowest BCUT2D eigenvalue weighted by Crippen LogP contribution is -2.51. The Balaban J connectivity index is 1.16. The number of likely N-dealkylation sites (tertiary alicyclic amines) is 1. The summed E-state index contributed by atoms with van der Waals surface area (Å²) >= 11 is 0. The number of hydrogen-bond acceptors (Lipinski definition) is 6. The average molecular weight is 512 g/mol. The van der Waals surface area contributed by atoms with Gasteiger partial charge in [-0.1, -0.05) is 24.2 Å². The number of amides is 3. The Morgan fingerprint density at radius 1 is 1.11 bits per heavy atom. The number of allylic oxidation sites excluding steroid dienone is 1. The van der Waals surface area contributed by atoms with Gasteiger partial charge >= 0.3 is 12.1 Å². The van der Waals surface area contributed by atoms with Gasteiger partial charge in [-0.15, -0.1) is 0 Å². The van der Waals surface area contributed by atoms with Gasteiger partial charge in [0.05, 0.1) is 6.04 Å². The van der Waals surface area contributed by atoms with Crippen LogP contribution in [0.3, 0.4) is 0 Å². The van der Waals surface area contributed by atoms with Crippen LogP contribution in [0.5, 0.6) is 0 Å². The normalized spacial score (nSPS) is 24.3. The fourth-order valence-electron chi connectivity index (χ4n) is 5.45. The number of urea groups is 1. The molecular weight excluding hydrogens is 470 g/mol. The van der Waals surface area contributed by atoms with Crippen molar-refractivity contribution in [2.45, 2.75) is 102 Å². The third kappa shape index (κ3) is 6.02. The van der Waals surface area contributed by atoms with Crippen molar-refractivity contribution in [2.24, 2.45) is 0 Å². The molecule has 4 aliphatic rings. The second-order valence-corrected chi connectivity index (χ2v) is 12.3. The van der Waals surface area contributed by atoms with Crippen molar-refractivity contribution in [1.82, 2.24) is 25.3 Å². The number of ether oxygens (including phenoxy) is 1. The highest BCUT2D eigenvalue weighted by molar-refractivity contribution is 5.75. The first-order chi connectivity index (χ1) is 17.6. The van der Waals surface area contributed by atoms with Crippen LogP contribution in [0.25, 0.3) is 0 Å². The van der Waals surface area contributed by atoms with Crippen LogP contribution < -0.4 is 5.32 Å². The zero-order chi connectivity index (χ0) is 26.2. The van der Waals surface area contributed by atoms with E-state index in [1.807, 2.05) is 25.7 Å². The van der Waals surface area contributed by atoms with E-state index < -0.39 is 5.60 Å². The smallest absolute Gasteiger partial charge is 0.410 e. The Kier molecular flexibility index (Phi) is 7.07. The summed E-state index contributed by atoms with van der Waals surface area (Å²) in [5.74, 6) is 2.02. The standard InChI is InChI=1S/C28H41N5O4/c1-27(2,3)36-26(35)33-15-11-19(12-16-33)21-7-5-6-8-22(21)29-25(34)32-17-13-28(4,14-18-32)24-30-23(37-31-24)20-9-10-20/h7,11,20,22H,5-6,8-10,12-18H2,1-4H3,(H,29,34)/t22-/m1/s1. The lowest BCUT2D eigenvalue weighted by molar-refractivity contribution is 0.0266. The van der Waals surface area contributed by atoms with Gasteiger partial charge in [0.15, 0.2) is 5.82 Å². The minimum atomic E-state index is -0.501. The molecule has 2 aliphatic carbocycles. The van der Waals surface area contributed by atoms with E-state index in [9.17, 15) is 9.59 Å². The second-order valence-electron chi connectivity index (χ2n) is 12.3. The topological polar surface area (TPSA) is 101 Å². The molecule has 0 bridgehead atoms. The van der Waals surface area contributed by atoms with Crippen LogP contribution in [-0.4, -0.2) is 69.9 Å². The van der Waals surface area contributed by atoms with Crippen LogP contribution in [0.4, 0.5) is 9.59 Å². The largest absolute Gasteiger partial charge is 0.444 e. The molecule has 1 saturated heterocycles. The summed E-state index contributed by atoms with van der Waals surface area (Å²) in [5, 5.41) is 7.60. The van der Waals surface area contributed by atoms with E-state index in [1.165, 1.54) is 11.1 Å². The van der Waals surface area contributed by atoms with Crippen molar-refractivity contribution in [1.29, 1.82) is 0 Å². The SMILES string of the molecule is CC(C)(C)OC(=O)N1CC=C(C2=CCCC[C@H]2NC(=O)N2CCC(C)(c3noc(C4CC4)n3)CC2)CC1. The number of rotatable bonds is 4. The molecule has 9 heteroatoms. The van der Waals surface area contributed by atoms with Crippen molar-refractivity contribution >= 4 is 12.1 Å². The van der Waals surface area contributed by atoms with E-state index in [-0.39, 0.29) is 23.6 Å². The lowest BCUT2D eigenvalue weighted by atomic mass is 9.79. The molecule has 0 unspecified atom stereocenters. The second kappa shape index (κ2) is 10.1. The van der Waals surface area contributed by atoms with Gasteiger partial charge in [0.1, 0.15) is 5.60 Å². The molecule has 202 valence electrons. The Bertz CT molecular complexity index is 1070. The Labute approximate surface area is 219 Å². The molecule has 1 aromatic heterocycles. The van der Waals surface area contributed by atoms with Crippen molar-refractivity contribution in [3.63, 3.8) is 0 Å². The maximum absolute atomic E-state index is 13.3. The number of nitrogens with zero attached hydrogens (tertiary/aromatic N) is 4. The number of nitrogens with one attached hydrogen (secondary N) is 1. The monoisotopic (exact) mass is 511 g/mol. The molecule has 2 fully saturated rings. The van der Waals surface area contributed by atoms with Crippen molar-refractivity contribution < 1.29 is 18.8 Å². The van der Waals surface area contributed by atoms with Crippen LogP contribution in [0.1, 0.15) is 96.7 Å². The molecule has 5 rings (SSSR count). The van der Waals surface area contributed by atoms with Gasteiger partial charge in [0, 0.05) is 37.5 Å². The van der Waals surface area contributed by atoms with Gasteiger partial charge in [0.25, 0.3) is 0 Å². The molecule has 0 aromatic carbocycles. The first kappa shape index (κ1) is 25.8. The molecule has 1 atom stereocenters. The van der Waals surface area contributed by atoms with Gasteiger partial charge in [-0.2, -0.15) is 4.98 Å². The van der Waals surface area contributed by atoms with Gasteiger partial charge in [-0.25, -0.2) is 9.59 Å². The highest BCUT2D eigenvalue weighted by Crippen LogP contribution is 2.41. The first-order valence-electron chi connectivity index (χ1n) is 13.9. The summed E-state index contributed by atoms with van der Waals surface area (Å²) in [5.41, 5.74) is 1.79. The maximum Gasteiger partial charge on any atom is 0.410 e. The lowest BCUT2D eigenvalue weighted by Gasteiger charge is -2.38. The first-order valence-corrected chi connectivity index (χ1v) is 13.9. The van der Waals surface area contributed by atoms with Gasteiger partial charge in [-0.3, -0.25) is 0 Å². The number of hydrogen-bond donors (Lipinski definition) is 1. The summed E-state index contributed by atoms with van der Waals surface area (Å²) in [7, 11) is 0. The molecule has 3 heterocycles. The number of carbonyl (C=O) groups is 2. The molecule has 0 spiro atoms. The van der Waals surface area contributed by atoms with E-state index in [4.69, 9.17) is 9.26 Å². The highest BCUT2D eigenvalue weighted by atomic mass is 16.6. The zero-order valence-electron chi connectivity index (χ0n) is 22.7. The highest BCUT2D eigenvalue weighted by Gasteiger charge is 2.39. The van der Waals surface area contributed by atoms with Crippen LogP contribution in [0.2, 0.25) is 0 Å². The molecule has 0 radical (unpaired) electrons. The summed E-state index contributed by atoms with van der Waals surface area (Å²) < 4.78 is 11.0. The number of piperidine rings is 1. The molecule has 1 saturated carbocycles. The fourth-order valence-corrected chi connectivity index (χ4v) is 5.45. The van der Waals surface area contributed by atoms with Crippen LogP contribution in [-0.2, 0) is 10.2 Å². The van der Waals surface area contributed by atoms with Crippen LogP contribution >= 0.6 is 0 Å². The molecule has 1 aromatic rings. The zero-order valence-corrected chi connectivity index (χ0v) is 22.7. The minimum absolute atomic E-state index is 0.00146. The number of aromatic nitrogens is 2. The van der Waals surface area contributed by atoms with Crippen LogP contribution in [0.15, 0.2) is 27.8 Å². The predicted molar refractivity (Wildman–Crippen MR) is 139 cm³/mol. The van der Waals surface area contributed by atoms with E-state index in [0.717, 1.165) is 63.1 Å². The molecule has 3 amide bonds. The predicted octanol–water partition coefficient (Wildman–Crippen LogP) is 5.06. The summed E-state index contributed by atoms with van der Waals surface area (Å²) in [6.07, 6.45) is 11.8. The summed E-state index contributed by atoms with van der Waals surface area (Å²) in [6, 6.07) is 0.00520. The maximum atomic E-state index is 13.3. The number of carbonyl (C=O) groups excluding carboxylic acids is 2. The van der Waals surface area contributed by atoms with Gasteiger partial charge in [-0.05, 0) is 83.3 Å². The summed E-state index contributed by atoms with van der Waals surface area (Å²) in [4.78, 5) is 34.1. The fraction of sp³-hybridized carbons (Fsp3) is 0.714. The third-order valence-electron chi connectivity index (χ3n) is 8.03. The molecule has 9 nitrogen and oxygen atoms in total. The molecule has 1 N–H and O–H groups in total. The van der Waals surface area contributed by atoms with Crippen molar-refractivity contribution in [3.8, 4) is 0 Å². The average Bonchev–Trinajstić information content (AvgIpc) is 3.59. The van der Waals surface area contributed by atoms with Crippen LogP contribution in [0, 0.1) is 0 Å². The van der Waals surface area contributed by atoms with Crippen molar-refractivity contribution in [2.75, 3.05) is 26.2 Å². The third-order valence-corrected chi connectivity index (χ3v) is 8.03. The quantitative estimate of drug-likeness (QED) is 0.607. The Hall–Kier alpha value is -2.84. The minimum Gasteiger partial charge on any atom is -0.444 e. The van der Waals surface area contributed by atoms with Gasteiger partial charge in [0.2, 0.25) is 5.89 Å². The van der Waals surface area contributed by atoms with Gasteiger partial charge < -0.3 is 24.4 Å². The molecule has 37 heavy (non-hydrogen) atoms. The van der Waals surface area contributed by atoms with E-state index in [0.29, 0.717) is 32.1 Å². The Morgan fingerprint density at radius 3 is 2.51 bits per heavy atom. The van der Waals surface area contributed by atoms with E-state index >= 15 is 0 Å². The molecular formula is C28H41N5O4. The Morgan fingerprint density at radius 2 is 1.86 bits per heavy atom.